The average Bonchev–Trinajstić information content (AvgIpc) is 2.46. The lowest BCUT2D eigenvalue weighted by Gasteiger charge is -2.39. The molecular weight excluding hydrogens is 238 g/mol. The van der Waals surface area contributed by atoms with Gasteiger partial charge in [0.1, 0.15) is 5.82 Å². The molecule has 0 amide bonds. The van der Waals surface area contributed by atoms with Gasteiger partial charge in [-0.1, -0.05) is 13.8 Å². The number of hydrogen-bond acceptors (Lipinski definition) is 5. The van der Waals surface area contributed by atoms with E-state index in [0.29, 0.717) is 6.04 Å². The Kier molecular flexibility index (Phi) is 5.10. The quantitative estimate of drug-likeness (QED) is 0.862. The molecule has 0 bridgehead atoms. The summed E-state index contributed by atoms with van der Waals surface area (Å²) in [5.41, 5.74) is 1.02. The number of rotatable bonds is 5. The largest absolute Gasteiger partial charge is 0.352 e. The molecule has 0 aromatic carbocycles. The molecule has 1 unspecified atom stereocenters. The summed E-state index contributed by atoms with van der Waals surface area (Å²) in [6, 6.07) is 0.618. The van der Waals surface area contributed by atoms with Gasteiger partial charge in [-0.3, -0.25) is 9.88 Å². The van der Waals surface area contributed by atoms with E-state index in [0.717, 1.165) is 44.2 Å². The second kappa shape index (κ2) is 6.82. The van der Waals surface area contributed by atoms with E-state index in [4.69, 9.17) is 4.98 Å². The smallest absolute Gasteiger partial charge is 0.147 e. The predicted molar refractivity (Wildman–Crippen MR) is 78.3 cm³/mol. The van der Waals surface area contributed by atoms with Crippen molar-refractivity contribution in [1.29, 1.82) is 0 Å². The highest BCUT2D eigenvalue weighted by molar-refractivity contribution is 5.37. The average molecular weight is 263 g/mol. The van der Waals surface area contributed by atoms with E-state index >= 15 is 0 Å². The van der Waals surface area contributed by atoms with Crippen LogP contribution in [-0.4, -0.2) is 54.1 Å². The highest BCUT2D eigenvalue weighted by Crippen LogP contribution is 2.17. The third kappa shape index (κ3) is 3.64. The molecule has 106 valence electrons. The number of nitrogens with zero attached hydrogens (tertiary/aromatic N) is 4. The van der Waals surface area contributed by atoms with E-state index in [1.807, 2.05) is 12.4 Å². The first-order chi connectivity index (χ1) is 9.24. The Hall–Kier alpha value is -1.20. The summed E-state index contributed by atoms with van der Waals surface area (Å²) < 4.78 is 0. The third-order valence-electron chi connectivity index (χ3n) is 3.80. The maximum Gasteiger partial charge on any atom is 0.147 e. The van der Waals surface area contributed by atoms with E-state index in [9.17, 15) is 0 Å². The molecule has 2 rings (SSSR count). The molecule has 1 aromatic heterocycles. The van der Waals surface area contributed by atoms with Gasteiger partial charge in [0.15, 0.2) is 0 Å². The van der Waals surface area contributed by atoms with E-state index in [1.165, 1.54) is 6.42 Å². The molecular formula is C14H25N5. The molecule has 1 N–H and O–H groups in total. The molecule has 1 aliphatic rings. The lowest BCUT2D eigenvalue weighted by Crippen LogP contribution is -2.51. The summed E-state index contributed by atoms with van der Waals surface area (Å²) in [6.45, 7) is 9.28. The molecule has 5 nitrogen and oxygen atoms in total. The van der Waals surface area contributed by atoms with Gasteiger partial charge in [0.25, 0.3) is 0 Å². The third-order valence-corrected chi connectivity index (χ3v) is 3.80. The molecule has 0 aliphatic carbocycles. The van der Waals surface area contributed by atoms with Crippen molar-refractivity contribution in [1.82, 2.24) is 20.2 Å². The van der Waals surface area contributed by atoms with Crippen molar-refractivity contribution >= 4 is 5.82 Å². The highest BCUT2D eigenvalue weighted by atomic mass is 15.3. The molecule has 0 radical (unpaired) electrons. The zero-order valence-corrected chi connectivity index (χ0v) is 12.3. The molecule has 1 aromatic rings. The van der Waals surface area contributed by atoms with Gasteiger partial charge in [-0.15, -0.1) is 0 Å². The van der Waals surface area contributed by atoms with Crippen LogP contribution in [0.2, 0.25) is 0 Å². The van der Waals surface area contributed by atoms with Crippen LogP contribution in [-0.2, 0) is 6.54 Å². The second-order valence-corrected chi connectivity index (χ2v) is 5.14. The minimum atomic E-state index is 0.618. The normalized spacial score (nSPS) is 20.8. The highest BCUT2D eigenvalue weighted by Gasteiger charge is 2.23. The number of aromatic nitrogens is 2. The van der Waals surface area contributed by atoms with Crippen LogP contribution >= 0.6 is 0 Å². The molecule has 1 fully saturated rings. The van der Waals surface area contributed by atoms with Crippen molar-refractivity contribution in [3.05, 3.63) is 18.1 Å². The molecule has 0 saturated carbocycles. The maximum atomic E-state index is 4.71. The van der Waals surface area contributed by atoms with Crippen LogP contribution in [0.15, 0.2) is 12.4 Å². The molecule has 1 aliphatic heterocycles. The zero-order chi connectivity index (χ0) is 13.7. The minimum Gasteiger partial charge on any atom is -0.352 e. The van der Waals surface area contributed by atoms with Crippen LogP contribution in [0.25, 0.3) is 0 Å². The monoisotopic (exact) mass is 263 g/mol. The zero-order valence-electron chi connectivity index (χ0n) is 12.3. The number of anilines is 1. The van der Waals surface area contributed by atoms with Gasteiger partial charge in [0, 0.05) is 38.4 Å². The molecule has 2 heterocycles. The Balaban J connectivity index is 2.04. The van der Waals surface area contributed by atoms with Gasteiger partial charge in [-0.25, -0.2) is 4.98 Å². The van der Waals surface area contributed by atoms with Crippen LogP contribution in [0, 0.1) is 0 Å². The van der Waals surface area contributed by atoms with Gasteiger partial charge < -0.3 is 10.2 Å². The summed E-state index contributed by atoms with van der Waals surface area (Å²) in [6.07, 6.45) is 4.91. The number of hydrogen-bond donors (Lipinski definition) is 1. The van der Waals surface area contributed by atoms with Crippen LogP contribution in [0.5, 0.6) is 0 Å². The summed E-state index contributed by atoms with van der Waals surface area (Å²) in [4.78, 5) is 13.8. The Labute approximate surface area is 116 Å². The second-order valence-electron chi connectivity index (χ2n) is 5.14. The van der Waals surface area contributed by atoms with Gasteiger partial charge >= 0.3 is 0 Å². The molecule has 19 heavy (non-hydrogen) atoms. The van der Waals surface area contributed by atoms with E-state index in [2.05, 4.69) is 41.0 Å². The van der Waals surface area contributed by atoms with Crippen LogP contribution < -0.4 is 10.2 Å². The SMILES string of the molecule is CCNCc1cncc(N2CCN(C)C(CC)C2)n1. The van der Waals surface area contributed by atoms with E-state index in [1.54, 1.807) is 0 Å². The first kappa shape index (κ1) is 14.2. The standard InChI is InChI=1S/C14H25N5/c1-4-13-11-19(7-6-18(13)3)14-10-16-9-12(17-14)8-15-5-2/h9-10,13,15H,4-8,11H2,1-3H3. The van der Waals surface area contributed by atoms with Crippen molar-refractivity contribution in [2.45, 2.75) is 32.9 Å². The molecule has 5 heteroatoms. The fourth-order valence-corrected chi connectivity index (χ4v) is 2.48. The Morgan fingerprint density at radius 2 is 2.16 bits per heavy atom. The van der Waals surface area contributed by atoms with Crippen molar-refractivity contribution in [3.8, 4) is 0 Å². The summed E-state index contributed by atoms with van der Waals surface area (Å²) >= 11 is 0. The first-order valence-corrected chi connectivity index (χ1v) is 7.21. The molecule has 0 spiro atoms. The van der Waals surface area contributed by atoms with Crippen LogP contribution in [0.1, 0.15) is 26.0 Å². The minimum absolute atomic E-state index is 0.618. The molecule has 1 saturated heterocycles. The topological polar surface area (TPSA) is 44.3 Å². The number of piperazine rings is 1. The van der Waals surface area contributed by atoms with Gasteiger partial charge in [-0.2, -0.15) is 0 Å². The lowest BCUT2D eigenvalue weighted by molar-refractivity contribution is 0.213. The van der Waals surface area contributed by atoms with Crippen molar-refractivity contribution < 1.29 is 0 Å². The summed E-state index contributed by atoms with van der Waals surface area (Å²) in [5, 5.41) is 3.29. The fourth-order valence-electron chi connectivity index (χ4n) is 2.48. The van der Waals surface area contributed by atoms with Crippen molar-refractivity contribution in [2.75, 3.05) is 38.1 Å². The number of likely N-dealkylation sites (N-methyl/N-ethyl adjacent to an activating group) is 1. The Morgan fingerprint density at radius 1 is 1.32 bits per heavy atom. The van der Waals surface area contributed by atoms with Gasteiger partial charge in [-0.05, 0) is 20.0 Å². The fraction of sp³-hybridized carbons (Fsp3) is 0.714. The van der Waals surface area contributed by atoms with Gasteiger partial charge in [0.05, 0.1) is 11.9 Å². The lowest BCUT2D eigenvalue weighted by atomic mass is 10.1. The summed E-state index contributed by atoms with van der Waals surface area (Å²) in [5.74, 6) is 1.02. The first-order valence-electron chi connectivity index (χ1n) is 7.21. The van der Waals surface area contributed by atoms with Crippen LogP contribution in [0.4, 0.5) is 5.82 Å². The van der Waals surface area contributed by atoms with E-state index in [-0.39, 0.29) is 0 Å². The Morgan fingerprint density at radius 3 is 2.89 bits per heavy atom. The Bertz CT molecular complexity index is 395. The maximum absolute atomic E-state index is 4.71. The molecule has 1 atom stereocenters. The predicted octanol–water partition coefficient (Wildman–Crippen LogP) is 1.12. The van der Waals surface area contributed by atoms with Crippen LogP contribution in [0.3, 0.4) is 0 Å². The van der Waals surface area contributed by atoms with Crippen molar-refractivity contribution in [2.24, 2.45) is 0 Å². The van der Waals surface area contributed by atoms with Gasteiger partial charge in [0.2, 0.25) is 0 Å². The van der Waals surface area contributed by atoms with E-state index < -0.39 is 0 Å². The van der Waals surface area contributed by atoms with Crippen molar-refractivity contribution in [3.63, 3.8) is 0 Å². The number of nitrogens with one attached hydrogen (secondary N) is 1. The summed E-state index contributed by atoms with van der Waals surface area (Å²) in [7, 11) is 2.21.